The van der Waals surface area contributed by atoms with Gasteiger partial charge in [-0.3, -0.25) is 14.9 Å². The summed E-state index contributed by atoms with van der Waals surface area (Å²) in [5, 5.41) is 2.97. The Labute approximate surface area is 169 Å². The van der Waals surface area contributed by atoms with E-state index >= 15 is 0 Å². The first kappa shape index (κ1) is 18.9. The van der Waals surface area contributed by atoms with Gasteiger partial charge in [-0.2, -0.15) is 0 Å². The lowest BCUT2D eigenvalue weighted by Gasteiger charge is -2.22. The molecule has 4 rings (SSSR count). The van der Waals surface area contributed by atoms with Crippen LogP contribution in [-0.2, 0) is 0 Å². The maximum absolute atomic E-state index is 13.1. The lowest BCUT2D eigenvalue weighted by Crippen LogP contribution is -2.36. The monoisotopic (exact) mass is 389 g/mol. The molecule has 3 aromatic heterocycles. The molecule has 0 fully saturated rings. The van der Waals surface area contributed by atoms with Crippen LogP contribution in [0.25, 0.3) is 11.3 Å². The smallest absolute Gasteiger partial charge is 0.327 e. The van der Waals surface area contributed by atoms with Gasteiger partial charge in [0.2, 0.25) is 0 Å². The molecule has 7 heteroatoms. The van der Waals surface area contributed by atoms with Crippen LogP contribution in [0.15, 0.2) is 42.6 Å². The van der Waals surface area contributed by atoms with Crippen molar-refractivity contribution >= 4 is 17.5 Å². The Balaban J connectivity index is 1.68. The van der Waals surface area contributed by atoms with Crippen LogP contribution in [0.5, 0.6) is 5.75 Å². The lowest BCUT2D eigenvalue weighted by molar-refractivity contribution is 0.256. The van der Waals surface area contributed by atoms with Crippen LogP contribution in [-0.4, -0.2) is 34.1 Å². The molecular formula is C22H23N5O2. The molecule has 1 aliphatic rings. The molecule has 4 heterocycles. The molecule has 0 saturated heterocycles. The van der Waals surface area contributed by atoms with Gasteiger partial charge in [0.05, 0.1) is 12.3 Å². The minimum Gasteiger partial charge on any atom is -0.490 e. The number of rotatable bonds is 2. The van der Waals surface area contributed by atoms with Crippen LogP contribution in [0.3, 0.4) is 0 Å². The van der Waals surface area contributed by atoms with Crippen molar-refractivity contribution in [2.24, 2.45) is 0 Å². The van der Waals surface area contributed by atoms with E-state index in [2.05, 4.69) is 15.3 Å². The first-order chi connectivity index (χ1) is 14.0. The molecule has 7 nitrogen and oxygen atoms in total. The van der Waals surface area contributed by atoms with Gasteiger partial charge >= 0.3 is 6.03 Å². The number of carbonyl (C=O) groups excluding carboxylic acids is 1. The van der Waals surface area contributed by atoms with E-state index in [1.807, 2.05) is 57.2 Å². The Morgan fingerprint density at radius 1 is 1.03 bits per heavy atom. The zero-order chi connectivity index (χ0) is 20.4. The summed E-state index contributed by atoms with van der Waals surface area (Å²) in [7, 11) is 0. The van der Waals surface area contributed by atoms with Gasteiger partial charge < -0.3 is 10.1 Å². The summed E-state index contributed by atoms with van der Waals surface area (Å²) in [5.41, 5.74) is 5.06. The van der Waals surface area contributed by atoms with Gasteiger partial charge in [0.15, 0.2) is 11.6 Å². The molecule has 3 aromatic rings. The molecule has 1 aliphatic heterocycles. The number of ether oxygens (including phenoxy) is 1. The SMILES string of the molecule is Cc1cc(-c2ccc3c(n2)N(C(=O)Nc2cc(C)nc(C)c2)CCCO3)ccn1. The van der Waals surface area contributed by atoms with Crippen molar-refractivity contribution in [3.8, 4) is 17.0 Å². The predicted octanol–water partition coefficient (Wildman–Crippen LogP) is 4.28. The van der Waals surface area contributed by atoms with E-state index in [0.717, 1.165) is 34.8 Å². The number of pyridine rings is 3. The third kappa shape index (κ3) is 4.18. The second kappa shape index (κ2) is 7.87. The number of fused-ring (bicyclic) bond motifs is 1. The molecule has 0 spiro atoms. The summed E-state index contributed by atoms with van der Waals surface area (Å²) in [6.07, 6.45) is 2.48. The third-order valence-corrected chi connectivity index (χ3v) is 4.65. The summed E-state index contributed by atoms with van der Waals surface area (Å²) in [6.45, 7) is 6.81. The Morgan fingerprint density at radius 2 is 1.83 bits per heavy atom. The van der Waals surface area contributed by atoms with Gasteiger partial charge in [-0.05, 0) is 63.6 Å². The van der Waals surface area contributed by atoms with E-state index in [9.17, 15) is 4.79 Å². The Morgan fingerprint density at radius 3 is 2.59 bits per heavy atom. The standard InChI is InChI=1S/C22H23N5O2/c1-14-11-17(7-8-23-14)19-5-6-20-21(26-19)27(9-4-10-29-20)22(28)25-18-12-15(2)24-16(3)13-18/h5-8,11-13H,4,9-10H2,1-3H3,(H,24,25,28). The van der Waals surface area contributed by atoms with Gasteiger partial charge in [-0.1, -0.05) is 0 Å². The summed E-state index contributed by atoms with van der Waals surface area (Å²) < 4.78 is 5.83. The van der Waals surface area contributed by atoms with E-state index in [0.29, 0.717) is 30.4 Å². The van der Waals surface area contributed by atoms with E-state index in [1.165, 1.54) is 0 Å². The van der Waals surface area contributed by atoms with E-state index in [4.69, 9.17) is 9.72 Å². The summed E-state index contributed by atoms with van der Waals surface area (Å²) in [6, 6.07) is 11.1. The molecule has 0 bridgehead atoms. The molecule has 0 saturated carbocycles. The molecule has 0 atom stereocenters. The Bertz CT molecular complexity index is 1050. The second-order valence-electron chi connectivity index (χ2n) is 7.13. The highest BCUT2D eigenvalue weighted by atomic mass is 16.5. The zero-order valence-corrected chi connectivity index (χ0v) is 16.8. The molecule has 2 amide bonds. The number of amides is 2. The van der Waals surface area contributed by atoms with Gasteiger partial charge in [0.25, 0.3) is 0 Å². The molecule has 0 unspecified atom stereocenters. The number of aromatic nitrogens is 3. The van der Waals surface area contributed by atoms with Crippen LogP contribution in [0.2, 0.25) is 0 Å². The number of urea groups is 1. The largest absolute Gasteiger partial charge is 0.490 e. The molecular weight excluding hydrogens is 366 g/mol. The lowest BCUT2D eigenvalue weighted by atomic mass is 10.1. The van der Waals surface area contributed by atoms with E-state index in [-0.39, 0.29) is 6.03 Å². The molecule has 1 N–H and O–H groups in total. The van der Waals surface area contributed by atoms with Gasteiger partial charge in [-0.15, -0.1) is 0 Å². The van der Waals surface area contributed by atoms with Crippen LogP contribution in [0.4, 0.5) is 16.3 Å². The third-order valence-electron chi connectivity index (χ3n) is 4.65. The highest BCUT2D eigenvalue weighted by molar-refractivity contribution is 6.02. The van der Waals surface area contributed by atoms with Crippen molar-refractivity contribution in [3.05, 3.63) is 59.7 Å². The number of aryl methyl sites for hydroxylation is 3. The fraction of sp³-hybridized carbons (Fsp3) is 0.273. The Hall–Kier alpha value is -3.48. The maximum Gasteiger partial charge on any atom is 0.327 e. The van der Waals surface area contributed by atoms with Crippen LogP contribution in [0.1, 0.15) is 23.5 Å². The van der Waals surface area contributed by atoms with Crippen molar-refractivity contribution in [2.45, 2.75) is 27.2 Å². The minimum absolute atomic E-state index is 0.239. The number of nitrogens with one attached hydrogen (secondary N) is 1. The second-order valence-corrected chi connectivity index (χ2v) is 7.13. The molecule has 148 valence electrons. The van der Waals surface area contributed by atoms with Crippen molar-refractivity contribution in [2.75, 3.05) is 23.4 Å². The topological polar surface area (TPSA) is 80.2 Å². The van der Waals surface area contributed by atoms with E-state index < -0.39 is 0 Å². The number of anilines is 2. The van der Waals surface area contributed by atoms with Crippen molar-refractivity contribution < 1.29 is 9.53 Å². The first-order valence-electron chi connectivity index (χ1n) is 9.60. The number of hydrogen-bond donors (Lipinski definition) is 1. The fourth-order valence-corrected chi connectivity index (χ4v) is 3.41. The van der Waals surface area contributed by atoms with Crippen molar-refractivity contribution in [1.82, 2.24) is 15.0 Å². The van der Waals surface area contributed by atoms with Crippen LogP contribution in [0, 0.1) is 20.8 Å². The number of carbonyl (C=O) groups is 1. The number of hydrogen-bond acceptors (Lipinski definition) is 5. The molecule has 29 heavy (non-hydrogen) atoms. The van der Waals surface area contributed by atoms with Crippen LogP contribution < -0.4 is 15.0 Å². The van der Waals surface area contributed by atoms with Crippen molar-refractivity contribution in [3.63, 3.8) is 0 Å². The summed E-state index contributed by atoms with van der Waals surface area (Å²) in [4.78, 5) is 28.1. The predicted molar refractivity (Wildman–Crippen MR) is 112 cm³/mol. The minimum atomic E-state index is -0.239. The van der Waals surface area contributed by atoms with Gasteiger partial charge in [0.1, 0.15) is 0 Å². The van der Waals surface area contributed by atoms with Crippen molar-refractivity contribution in [1.29, 1.82) is 0 Å². The van der Waals surface area contributed by atoms with Gasteiger partial charge in [-0.25, -0.2) is 9.78 Å². The molecule has 0 aromatic carbocycles. The average Bonchev–Trinajstić information content (AvgIpc) is 2.89. The fourth-order valence-electron chi connectivity index (χ4n) is 3.41. The average molecular weight is 389 g/mol. The maximum atomic E-state index is 13.1. The normalized spacial score (nSPS) is 13.3. The highest BCUT2D eigenvalue weighted by Gasteiger charge is 2.24. The number of nitrogens with zero attached hydrogens (tertiary/aromatic N) is 4. The van der Waals surface area contributed by atoms with E-state index in [1.54, 1.807) is 11.1 Å². The van der Waals surface area contributed by atoms with Crippen LogP contribution >= 0.6 is 0 Å². The molecule has 0 aliphatic carbocycles. The van der Waals surface area contributed by atoms with Gasteiger partial charge in [0, 0.05) is 41.1 Å². The summed E-state index contributed by atoms with van der Waals surface area (Å²) in [5.74, 6) is 1.13. The molecule has 0 radical (unpaired) electrons. The quantitative estimate of drug-likeness (QED) is 0.707. The first-order valence-corrected chi connectivity index (χ1v) is 9.60. The highest BCUT2D eigenvalue weighted by Crippen LogP contribution is 2.32. The summed E-state index contributed by atoms with van der Waals surface area (Å²) >= 11 is 0. The zero-order valence-electron chi connectivity index (χ0n) is 16.8. The Kier molecular flexibility index (Phi) is 5.12.